The molecular formula is C20H13F3N4O2S2. The van der Waals surface area contributed by atoms with E-state index < -0.39 is 28.6 Å². The minimum absolute atomic E-state index is 0.181. The molecule has 3 N–H and O–H groups in total. The fraction of sp³-hybridized carbons (Fsp3) is 0.0500. The number of primary amides is 1. The van der Waals surface area contributed by atoms with Gasteiger partial charge in [-0.15, -0.1) is 11.3 Å². The maximum Gasteiger partial charge on any atom is 0.416 e. The van der Waals surface area contributed by atoms with Crippen LogP contribution >= 0.6 is 11.3 Å². The highest BCUT2D eigenvalue weighted by molar-refractivity contribution is 7.86. The number of hydrogen-bond acceptors (Lipinski definition) is 5. The highest BCUT2D eigenvalue weighted by atomic mass is 32.2. The van der Waals surface area contributed by atoms with E-state index in [-0.39, 0.29) is 11.1 Å². The lowest BCUT2D eigenvalue weighted by Crippen LogP contribution is -2.15. The first-order valence-corrected chi connectivity index (χ1v) is 10.7. The van der Waals surface area contributed by atoms with Crippen molar-refractivity contribution in [1.29, 1.82) is 0 Å². The fourth-order valence-electron chi connectivity index (χ4n) is 3.03. The summed E-state index contributed by atoms with van der Waals surface area (Å²) < 4.78 is 54.6. The summed E-state index contributed by atoms with van der Waals surface area (Å²) in [6, 6.07) is 9.39. The Morgan fingerprint density at radius 1 is 1.06 bits per heavy atom. The van der Waals surface area contributed by atoms with E-state index in [0.717, 1.165) is 12.1 Å². The molecule has 0 radical (unpaired) electrons. The van der Waals surface area contributed by atoms with Crippen LogP contribution in [0.25, 0.3) is 22.0 Å². The molecule has 4 aromatic rings. The van der Waals surface area contributed by atoms with E-state index in [9.17, 15) is 22.2 Å². The van der Waals surface area contributed by atoms with Crippen molar-refractivity contribution in [3.05, 3.63) is 71.4 Å². The Balaban J connectivity index is 1.79. The molecule has 4 rings (SSSR count). The van der Waals surface area contributed by atoms with Gasteiger partial charge in [-0.3, -0.25) is 14.5 Å². The van der Waals surface area contributed by atoms with E-state index in [1.54, 1.807) is 35.8 Å². The van der Waals surface area contributed by atoms with Crippen LogP contribution in [0.1, 0.15) is 15.9 Å². The minimum atomic E-state index is -4.61. The lowest BCUT2D eigenvalue weighted by atomic mass is 9.97. The number of fused-ring (bicyclic) bond motifs is 1. The topological polar surface area (TPSA) is 98.0 Å². The molecule has 0 spiro atoms. The van der Waals surface area contributed by atoms with Crippen molar-refractivity contribution in [2.75, 3.05) is 4.72 Å². The Hall–Kier alpha value is -3.31. The molecule has 158 valence electrons. The maximum absolute atomic E-state index is 13.1. The predicted octanol–water partition coefficient (Wildman–Crippen LogP) is 4.61. The van der Waals surface area contributed by atoms with Gasteiger partial charge in [0.15, 0.2) is 16.1 Å². The first-order valence-electron chi connectivity index (χ1n) is 8.72. The number of anilines is 1. The third-order valence-electron chi connectivity index (χ3n) is 4.43. The molecule has 2 aromatic heterocycles. The van der Waals surface area contributed by atoms with Crippen molar-refractivity contribution in [1.82, 2.24) is 9.97 Å². The number of carbonyl (C=O) groups is 1. The highest BCUT2D eigenvalue weighted by Gasteiger charge is 2.32. The Morgan fingerprint density at radius 2 is 1.87 bits per heavy atom. The molecule has 0 aliphatic carbocycles. The average Bonchev–Trinajstić information content (AvgIpc) is 3.24. The number of alkyl halides is 3. The van der Waals surface area contributed by atoms with Gasteiger partial charge in [-0.2, -0.15) is 13.2 Å². The van der Waals surface area contributed by atoms with Gasteiger partial charge in [-0.1, -0.05) is 12.1 Å². The second kappa shape index (κ2) is 8.08. The number of halogens is 3. The number of benzene rings is 2. The van der Waals surface area contributed by atoms with E-state index in [0.29, 0.717) is 26.5 Å². The summed E-state index contributed by atoms with van der Waals surface area (Å²) in [5, 5.41) is 3.47. The Morgan fingerprint density at radius 3 is 2.55 bits per heavy atom. The third kappa shape index (κ3) is 4.28. The van der Waals surface area contributed by atoms with Crippen LogP contribution in [0.15, 0.2) is 65.1 Å². The summed E-state index contributed by atoms with van der Waals surface area (Å²) in [4.78, 5) is 20.6. The second-order valence-electron chi connectivity index (χ2n) is 6.37. The first kappa shape index (κ1) is 20.9. The van der Waals surface area contributed by atoms with Gasteiger partial charge in [0.25, 0.3) is 0 Å². The molecule has 1 atom stereocenters. The number of amides is 1. The van der Waals surface area contributed by atoms with E-state index in [1.165, 1.54) is 23.6 Å². The summed E-state index contributed by atoms with van der Waals surface area (Å²) in [6.07, 6.45) is -1.57. The lowest BCUT2D eigenvalue weighted by Gasteiger charge is -2.13. The second-order valence-corrected chi connectivity index (χ2v) is 8.48. The average molecular weight is 462 g/mol. The van der Waals surface area contributed by atoms with Gasteiger partial charge in [0.05, 0.1) is 16.2 Å². The number of aromatic nitrogens is 2. The third-order valence-corrected chi connectivity index (χ3v) is 6.31. The van der Waals surface area contributed by atoms with Gasteiger partial charge in [0.2, 0.25) is 5.91 Å². The number of rotatable bonds is 5. The SMILES string of the molecule is NC(=O)c1cc(C(F)(F)F)ccc1-c1nccc2cc(S(=O)Nc3nccs3)ccc12. The standard InChI is InChI=1S/C20H13F3N4O2S2/c21-20(22,23)12-1-3-15(16(10-12)18(24)28)17-14-4-2-13(9-11(14)5-6-25-17)31(29)27-19-26-7-8-30-19/h1-10H,(H2,24,28)(H,26,27). The van der Waals surface area contributed by atoms with Crippen LogP contribution in [0.3, 0.4) is 0 Å². The molecule has 0 saturated carbocycles. The smallest absolute Gasteiger partial charge is 0.366 e. The number of thiazole rings is 1. The number of nitrogens with zero attached hydrogens (tertiary/aromatic N) is 2. The molecule has 0 fully saturated rings. The molecule has 0 saturated heterocycles. The highest BCUT2D eigenvalue weighted by Crippen LogP contribution is 2.35. The Labute approximate surface area is 180 Å². The summed E-state index contributed by atoms with van der Waals surface area (Å²) in [6.45, 7) is 0. The molecule has 0 aliphatic heterocycles. The number of pyridine rings is 1. The maximum atomic E-state index is 13.1. The van der Waals surface area contributed by atoms with Crippen LogP contribution in [-0.2, 0) is 17.2 Å². The zero-order valence-electron chi connectivity index (χ0n) is 15.5. The molecule has 2 heterocycles. The van der Waals surface area contributed by atoms with Gasteiger partial charge in [-0.25, -0.2) is 9.19 Å². The summed E-state index contributed by atoms with van der Waals surface area (Å²) >= 11 is 1.31. The molecule has 11 heteroatoms. The number of nitrogens with one attached hydrogen (secondary N) is 1. The first-order chi connectivity index (χ1) is 14.7. The fourth-order valence-corrected chi connectivity index (χ4v) is 4.58. The minimum Gasteiger partial charge on any atom is -0.366 e. The van der Waals surface area contributed by atoms with E-state index in [2.05, 4.69) is 14.7 Å². The van der Waals surface area contributed by atoms with Crippen molar-refractivity contribution >= 4 is 44.1 Å². The predicted molar refractivity (Wildman–Crippen MR) is 113 cm³/mol. The lowest BCUT2D eigenvalue weighted by molar-refractivity contribution is -0.137. The molecule has 0 aliphatic rings. The van der Waals surface area contributed by atoms with Crippen molar-refractivity contribution in [2.24, 2.45) is 5.73 Å². The van der Waals surface area contributed by atoms with Crippen molar-refractivity contribution in [3.8, 4) is 11.3 Å². The monoisotopic (exact) mass is 462 g/mol. The molecule has 31 heavy (non-hydrogen) atoms. The van der Waals surface area contributed by atoms with Gasteiger partial charge in [0.1, 0.15) is 0 Å². The number of nitrogens with two attached hydrogens (primary N) is 1. The molecular weight excluding hydrogens is 449 g/mol. The van der Waals surface area contributed by atoms with Gasteiger partial charge < -0.3 is 5.73 Å². The van der Waals surface area contributed by atoms with E-state index in [4.69, 9.17) is 5.73 Å². The van der Waals surface area contributed by atoms with Crippen molar-refractivity contribution < 1.29 is 22.2 Å². The molecule has 2 aromatic carbocycles. The summed E-state index contributed by atoms with van der Waals surface area (Å²) in [5.74, 6) is -0.995. The zero-order valence-corrected chi connectivity index (χ0v) is 17.1. The molecule has 6 nitrogen and oxygen atoms in total. The normalized spacial score (nSPS) is 12.6. The van der Waals surface area contributed by atoms with Crippen LogP contribution in [0.4, 0.5) is 18.3 Å². The van der Waals surface area contributed by atoms with Gasteiger partial charge in [0, 0.05) is 34.3 Å². The van der Waals surface area contributed by atoms with Crippen LogP contribution in [-0.4, -0.2) is 20.1 Å². The van der Waals surface area contributed by atoms with Gasteiger partial charge >= 0.3 is 6.18 Å². The van der Waals surface area contributed by atoms with Crippen molar-refractivity contribution in [3.63, 3.8) is 0 Å². The number of carbonyl (C=O) groups excluding carboxylic acids is 1. The van der Waals surface area contributed by atoms with Crippen LogP contribution in [0, 0.1) is 0 Å². The van der Waals surface area contributed by atoms with Crippen LogP contribution < -0.4 is 10.5 Å². The van der Waals surface area contributed by atoms with E-state index >= 15 is 0 Å². The van der Waals surface area contributed by atoms with Crippen LogP contribution in [0.2, 0.25) is 0 Å². The van der Waals surface area contributed by atoms with E-state index in [1.807, 2.05) is 0 Å². The van der Waals surface area contributed by atoms with Crippen LogP contribution in [0.5, 0.6) is 0 Å². The quantitative estimate of drug-likeness (QED) is 0.453. The Bertz CT molecular complexity index is 1310. The molecule has 1 unspecified atom stereocenters. The molecule has 1 amide bonds. The van der Waals surface area contributed by atoms with Crippen molar-refractivity contribution in [2.45, 2.75) is 11.1 Å². The summed E-state index contributed by atoms with van der Waals surface area (Å²) in [7, 11) is -1.57. The largest absolute Gasteiger partial charge is 0.416 e. The molecule has 0 bridgehead atoms. The zero-order chi connectivity index (χ0) is 22.2. The Kier molecular flexibility index (Phi) is 5.46. The summed E-state index contributed by atoms with van der Waals surface area (Å²) in [5.41, 5.74) is 4.57. The van der Waals surface area contributed by atoms with Gasteiger partial charge in [-0.05, 0) is 35.7 Å². The number of hydrogen-bond donors (Lipinski definition) is 2.